The molecule has 1 rings (SSSR count). The molecule has 0 fully saturated rings. The van der Waals surface area contributed by atoms with E-state index in [0.717, 1.165) is 13.1 Å². The third-order valence-corrected chi connectivity index (χ3v) is 1.42. The van der Waals surface area contributed by atoms with Gasteiger partial charge in [-0.2, -0.15) is 0 Å². The molecule has 1 aliphatic rings. The molecule has 46 valence electrons. The van der Waals surface area contributed by atoms with Gasteiger partial charge in [-0.3, -0.25) is 0 Å². The van der Waals surface area contributed by atoms with Crippen LogP contribution in [-0.4, -0.2) is 23.8 Å². The monoisotopic (exact) mass is 113 g/mol. The van der Waals surface area contributed by atoms with Crippen molar-refractivity contribution in [3.8, 4) is 0 Å². The second-order valence-corrected chi connectivity index (χ2v) is 2.48. The van der Waals surface area contributed by atoms with Crippen LogP contribution in [-0.2, 0) is 0 Å². The molecule has 0 aromatic carbocycles. The Morgan fingerprint density at radius 3 is 2.50 bits per heavy atom. The number of azo groups is 2. The van der Waals surface area contributed by atoms with Gasteiger partial charge in [-0.25, -0.2) is 0 Å². The average molecular weight is 113 g/mol. The van der Waals surface area contributed by atoms with Crippen LogP contribution in [0, 0.1) is 0 Å². The van der Waals surface area contributed by atoms with Gasteiger partial charge in [-0.1, -0.05) is 0 Å². The Hall–Kier alpha value is -0.400. The van der Waals surface area contributed by atoms with Crippen molar-refractivity contribution >= 4 is 0 Å². The quantitative estimate of drug-likeness (QED) is 0.455. The van der Waals surface area contributed by atoms with Gasteiger partial charge in [-0.05, 0) is 19.0 Å². The lowest BCUT2D eigenvalue weighted by Gasteiger charge is -1.94. The van der Waals surface area contributed by atoms with Crippen molar-refractivity contribution in [1.82, 2.24) is 0 Å². The fourth-order valence-electron chi connectivity index (χ4n) is 0.924. The van der Waals surface area contributed by atoms with E-state index in [2.05, 4.69) is 23.7 Å². The zero-order valence-corrected chi connectivity index (χ0v) is 5.59. The molecule has 0 bridgehead atoms. The molecule has 1 aliphatic heterocycles. The molecular weight excluding hydrogens is 100 g/mol. The second kappa shape index (κ2) is 2.25. The minimum atomic E-state index is 0.609. The van der Waals surface area contributed by atoms with E-state index in [1.54, 1.807) is 0 Å². The number of nitrogens with zero attached hydrogens (tertiary/aromatic N) is 2. The first-order valence-electron chi connectivity index (χ1n) is 3.25. The Labute approximate surface area is 50.2 Å². The Bertz CT molecular complexity index is 105. The van der Waals surface area contributed by atoms with E-state index in [4.69, 9.17) is 0 Å². The fraction of sp³-hybridized carbons (Fsp3) is 1.00. The van der Waals surface area contributed by atoms with Crippen LogP contribution < -0.4 is 0 Å². The van der Waals surface area contributed by atoms with E-state index in [1.807, 2.05) is 0 Å². The minimum Gasteiger partial charge on any atom is -0.125 e. The third-order valence-electron chi connectivity index (χ3n) is 1.42. The first-order chi connectivity index (χ1) is 3.80. The molecule has 2 heteroatoms. The fourth-order valence-corrected chi connectivity index (χ4v) is 0.924. The Balaban J connectivity index is 2.45. The molecule has 0 aliphatic carbocycles. The number of hydrogen-bond donors (Lipinski definition) is 0. The maximum Gasteiger partial charge on any atom is 0.172 e. The van der Waals surface area contributed by atoms with Crippen molar-refractivity contribution in [2.45, 2.75) is 26.3 Å². The highest BCUT2D eigenvalue weighted by molar-refractivity contribution is 4.43. The van der Waals surface area contributed by atoms with Gasteiger partial charge in [0.25, 0.3) is 0 Å². The normalized spacial score (nSPS) is 19.6. The van der Waals surface area contributed by atoms with Crippen LogP contribution >= 0.6 is 0 Å². The summed E-state index contributed by atoms with van der Waals surface area (Å²) in [5, 5.41) is 4.27. The molecule has 0 radical (unpaired) electrons. The van der Waals surface area contributed by atoms with Crippen LogP contribution in [0.4, 0.5) is 0 Å². The van der Waals surface area contributed by atoms with Gasteiger partial charge in [0.15, 0.2) is 12.6 Å². The molecular formula is C6H13N2+. The lowest BCUT2D eigenvalue weighted by molar-refractivity contribution is -0.609. The van der Waals surface area contributed by atoms with Gasteiger partial charge < -0.3 is 0 Å². The third kappa shape index (κ3) is 1.05. The topological polar surface area (TPSA) is 15.4 Å². The summed E-state index contributed by atoms with van der Waals surface area (Å²) in [4.78, 5) is 0. The van der Waals surface area contributed by atoms with Gasteiger partial charge in [0.1, 0.15) is 6.54 Å². The summed E-state index contributed by atoms with van der Waals surface area (Å²) in [6.07, 6.45) is 1.25. The van der Waals surface area contributed by atoms with Crippen LogP contribution in [0.3, 0.4) is 0 Å². The molecule has 0 unspecified atom stereocenters. The first-order valence-corrected chi connectivity index (χ1v) is 3.25. The van der Waals surface area contributed by atoms with E-state index >= 15 is 0 Å². The molecule has 1 heterocycles. The zero-order chi connectivity index (χ0) is 5.98. The highest BCUT2D eigenvalue weighted by Crippen LogP contribution is 2.00. The standard InChI is InChI=1S/C6H13N2/c1-6(2)8-5-3-4-7-8/h6H,3-5H2,1-2H3/q+1. The summed E-state index contributed by atoms with van der Waals surface area (Å²) in [5.74, 6) is 0. The number of rotatable bonds is 1. The summed E-state index contributed by atoms with van der Waals surface area (Å²) in [5.41, 5.74) is 0. The molecule has 0 atom stereocenters. The predicted molar refractivity (Wildman–Crippen MR) is 32.2 cm³/mol. The molecule has 0 saturated heterocycles. The van der Waals surface area contributed by atoms with E-state index in [0.29, 0.717) is 6.04 Å². The van der Waals surface area contributed by atoms with E-state index < -0.39 is 0 Å². The molecule has 0 N–H and O–H groups in total. The van der Waals surface area contributed by atoms with Crippen LogP contribution in [0.25, 0.3) is 0 Å². The van der Waals surface area contributed by atoms with E-state index in [-0.39, 0.29) is 0 Å². The summed E-state index contributed by atoms with van der Waals surface area (Å²) < 4.78 is 2.15. The second-order valence-electron chi connectivity index (χ2n) is 2.48. The molecule has 0 spiro atoms. The lowest BCUT2D eigenvalue weighted by atomic mass is 10.4. The zero-order valence-electron chi connectivity index (χ0n) is 5.59. The van der Waals surface area contributed by atoms with Crippen molar-refractivity contribution in [2.75, 3.05) is 13.1 Å². The first kappa shape index (κ1) is 5.73. The van der Waals surface area contributed by atoms with Gasteiger partial charge in [0, 0.05) is 6.42 Å². The SMILES string of the molecule is CC(C)[N+]1=NCCC1. The number of hydrogen-bond acceptors (Lipinski definition) is 1. The minimum absolute atomic E-state index is 0.609. The largest absolute Gasteiger partial charge is 0.172 e. The highest BCUT2D eigenvalue weighted by Gasteiger charge is 2.15. The summed E-state index contributed by atoms with van der Waals surface area (Å²) in [7, 11) is 0. The van der Waals surface area contributed by atoms with Crippen molar-refractivity contribution in [3.63, 3.8) is 0 Å². The summed E-state index contributed by atoms with van der Waals surface area (Å²) in [6, 6.07) is 0.609. The molecule has 0 aromatic rings. The van der Waals surface area contributed by atoms with Gasteiger partial charge in [0.2, 0.25) is 0 Å². The molecule has 0 saturated carbocycles. The van der Waals surface area contributed by atoms with Crippen molar-refractivity contribution in [3.05, 3.63) is 0 Å². The highest BCUT2D eigenvalue weighted by atomic mass is 15.3. The Morgan fingerprint density at radius 2 is 2.25 bits per heavy atom. The maximum atomic E-state index is 4.27. The van der Waals surface area contributed by atoms with Crippen molar-refractivity contribution in [2.24, 2.45) is 5.11 Å². The molecule has 2 nitrogen and oxygen atoms in total. The average Bonchev–Trinajstić information content (AvgIpc) is 2.12. The lowest BCUT2D eigenvalue weighted by Crippen LogP contribution is -2.15. The smallest absolute Gasteiger partial charge is 0.125 e. The molecule has 8 heavy (non-hydrogen) atoms. The Kier molecular flexibility index (Phi) is 1.61. The van der Waals surface area contributed by atoms with E-state index in [9.17, 15) is 0 Å². The predicted octanol–water partition coefficient (Wildman–Crippen LogP) is 1.26. The maximum absolute atomic E-state index is 4.27. The van der Waals surface area contributed by atoms with Gasteiger partial charge in [-0.15, -0.1) is 4.70 Å². The van der Waals surface area contributed by atoms with Crippen LogP contribution in [0.15, 0.2) is 5.11 Å². The molecule has 0 amide bonds. The van der Waals surface area contributed by atoms with Gasteiger partial charge >= 0.3 is 0 Å². The van der Waals surface area contributed by atoms with Crippen LogP contribution in [0.5, 0.6) is 0 Å². The van der Waals surface area contributed by atoms with Crippen molar-refractivity contribution in [1.29, 1.82) is 0 Å². The van der Waals surface area contributed by atoms with Gasteiger partial charge in [0.05, 0.1) is 0 Å². The van der Waals surface area contributed by atoms with Crippen molar-refractivity contribution < 1.29 is 4.70 Å². The van der Waals surface area contributed by atoms with Crippen LogP contribution in [0.1, 0.15) is 20.3 Å². The van der Waals surface area contributed by atoms with E-state index in [1.165, 1.54) is 6.42 Å². The van der Waals surface area contributed by atoms with Crippen LogP contribution in [0.2, 0.25) is 0 Å². The summed E-state index contributed by atoms with van der Waals surface area (Å²) >= 11 is 0. The molecule has 0 aromatic heterocycles. The Morgan fingerprint density at radius 1 is 1.50 bits per heavy atom. The summed E-state index contributed by atoms with van der Waals surface area (Å²) in [6.45, 7) is 6.56.